The molecule has 0 unspecified atom stereocenters. The zero-order chi connectivity index (χ0) is 13.5. The first-order chi connectivity index (χ1) is 9.84. The lowest BCUT2D eigenvalue weighted by Gasteiger charge is -2.19. The van der Waals surface area contributed by atoms with Crippen molar-refractivity contribution >= 4 is 10.9 Å². The van der Waals surface area contributed by atoms with Crippen molar-refractivity contribution in [2.75, 3.05) is 6.79 Å². The van der Waals surface area contributed by atoms with E-state index in [-0.39, 0.29) is 18.7 Å². The summed E-state index contributed by atoms with van der Waals surface area (Å²) in [5.74, 6) is 0.246. The second-order valence-electron chi connectivity index (χ2n) is 4.47. The van der Waals surface area contributed by atoms with Crippen molar-refractivity contribution in [3.63, 3.8) is 0 Å². The number of hydrogen-bond acceptors (Lipinski definition) is 4. The van der Waals surface area contributed by atoms with Crippen molar-refractivity contribution in [1.82, 2.24) is 4.98 Å². The van der Waals surface area contributed by atoms with Crippen molar-refractivity contribution in [1.29, 1.82) is 0 Å². The Bertz CT molecular complexity index is 803. The lowest BCUT2D eigenvalue weighted by Crippen LogP contribution is -2.38. The number of hydrogen-bond donors (Lipinski definition) is 0. The third kappa shape index (κ3) is 1.50. The van der Waals surface area contributed by atoms with Crippen LogP contribution in [0.1, 0.15) is 0 Å². The van der Waals surface area contributed by atoms with Gasteiger partial charge in [-0.05, 0) is 16.6 Å². The summed E-state index contributed by atoms with van der Waals surface area (Å²) in [6.45, 7) is 0.00940. The molecule has 0 N–H and O–H groups in total. The molecule has 1 aliphatic heterocycles. The number of ether oxygens (including phenoxy) is 2. The highest BCUT2D eigenvalue weighted by Gasteiger charge is 2.27. The van der Waals surface area contributed by atoms with E-state index in [0.717, 1.165) is 11.1 Å². The van der Waals surface area contributed by atoms with Crippen LogP contribution in [-0.4, -0.2) is 11.8 Å². The van der Waals surface area contributed by atoms with Gasteiger partial charge in [0, 0.05) is 5.56 Å². The second-order valence-corrected chi connectivity index (χ2v) is 4.47. The molecule has 3 aromatic rings. The van der Waals surface area contributed by atoms with Gasteiger partial charge in [0.25, 0.3) is 0 Å². The van der Waals surface area contributed by atoms with Crippen molar-refractivity contribution in [3.8, 4) is 23.0 Å². The van der Waals surface area contributed by atoms with Crippen LogP contribution in [0.15, 0.2) is 48.5 Å². The highest BCUT2D eigenvalue weighted by atomic mass is 16.7. The Balaban J connectivity index is 2.11. The Kier molecular flexibility index (Phi) is 2.26. The van der Waals surface area contributed by atoms with Crippen LogP contribution in [0, 0.1) is 5.21 Å². The minimum atomic E-state index is 0.00940. The first-order valence-electron chi connectivity index (χ1n) is 6.22. The van der Waals surface area contributed by atoms with Crippen molar-refractivity contribution in [2.45, 2.75) is 0 Å². The molecule has 98 valence electrons. The van der Waals surface area contributed by atoms with E-state index in [1.165, 1.54) is 0 Å². The van der Waals surface area contributed by atoms with Gasteiger partial charge < -0.3 is 14.7 Å². The monoisotopic (exact) mass is 266 g/mol. The molecule has 0 spiro atoms. The maximum absolute atomic E-state index is 12.1. The Morgan fingerprint density at radius 1 is 1.00 bits per heavy atom. The number of benzene rings is 2. The molecule has 5 heteroatoms. The van der Waals surface area contributed by atoms with Crippen LogP contribution in [0.4, 0.5) is 0 Å². The van der Waals surface area contributed by atoms with Gasteiger partial charge in [0.2, 0.25) is 6.79 Å². The molecule has 0 amide bonds. The number of fused-ring (bicyclic) bond motifs is 4. The quantitative estimate of drug-likeness (QED) is 0.501. The first kappa shape index (κ1) is 11.0. The molecule has 0 saturated heterocycles. The van der Waals surface area contributed by atoms with Crippen LogP contribution in [0.25, 0.3) is 22.0 Å². The molecule has 0 fully saturated rings. The number of nitrogens with zero attached hydrogens (tertiary/aromatic N) is 2. The minimum Gasteiger partial charge on any atom is -0.706 e. The molecule has 4 rings (SSSR count). The molecule has 1 aliphatic rings. The molecular weight excluding hydrogens is 256 g/mol. The van der Waals surface area contributed by atoms with Crippen LogP contribution < -0.4 is 14.2 Å². The molecule has 0 atom stereocenters. The van der Waals surface area contributed by atoms with Gasteiger partial charge in [-0.1, -0.05) is 42.5 Å². The fourth-order valence-electron chi connectivity index (χ4n) is 2.41. The predicted octanol–water partition coefficient (Wildman–Crippen LogP) is 2.26. The molecule has 2 bridgehead atoms. The van der Waals surface area contributed by atoms with Gasteiger partial charge in [0.1, 0.15) is 5.39 Å². The standard InChI is InChI=1S/C15H10N2O3/c18-17-14-13-11(10-5-2-1-3-6-10)7-4-8-12(13)16-15(17)20-9-19-14/h1-8H,9H2. The summed E-state index contributed by atoms with van der Waals surface area (Å²) in [5, 5.41) is 12.8. The van der Waals surface area contributed by atoms with E-state index < -0.39 is 0 Å². The van der Waals surface area contributed by atoms with Gasteiger partial charge in [-0.2, -0.15) is 4.73 Å². The summed E-state index contributed by atoms with van der Waals surface area (Å²) in [7, 11) is 0. The van der Waals surface area contributed by atoms with Crippen molar-refractivity contribution in [2.24, 2.45) is 0 Å². The second kappa shape index (κ2) is 4.09. The Morgan fingerprint density at radius 3 is 2.70 bits per heavy atom. The molecule has 2 heterocycles. The van der Waals surface area contributed by atoms with Crippen LogP contribution in [0.2, 0.25) is 0 Å². The van der Waals surface area contributed by atoms with Gasteiger partial charge in [-0.15, -0.1) is 0 Å². The van der Waals surface area contributed by atoms with Crippen LogP contribution in [0.5, 0.6) is 11.9 Å². The summed E-state index contributed by atoms with van der Waals surface area (Å²) >= 11 is 0. The van der Waals surface area contributed by atoms with Gasteiger partial charge in [-0.3, -0.25) is 0 Å². The van der Waals surface area contributed by atoms with Gasteiger partial charge in [0.15, 0.2) is 5.52 Å². The summed E-state index contributed by atoms with van der Waals surface area (Å²) in [6, 6.07) is 15.6. The van der Waals surface area contributed by atoms with Gasteiger partial charge >= 0.3 is 11.9 Å². The highest BCUT2D eigenvalue weighted by Crippen LogP contribution is 2.34. The Morgan fingerprint density at radius 2 is 1.85 bits per heavy atom. The number of aromatic nitrogens is 2. The highest BCUT2D eigenvalue weighted by molar-refractivity contribution is 5.97. The fourth-order valence-corrected chi connectivity index (χ4v) is 2.41. The van der Waals surface area contributed by atoms with Crippen LogP contribution in [-0.2, 0) is 0 Å². The molecule has 0 aliphatic carbocycles. The van der Waals surface area contributed by atoms with E-state index in [4.69, 9.17) is 9.47 Å². The van der Waals surface area contributed by atoms with Crippen molar-refractivity contribution < 1.29 is 14.2 Å². The van der Waals surface area contributed by atoms with E-state index in [1.54, 1.807) is 0 Å². The average Bonchev–Trinajstić information content (AvgIpc) is 2.48. The zero-order valence-corrected chi connectivity index (χ0v) is 10.4. The molecule has 2 aromatic carbocycles. The summed E-state index contributed by atoms with van der Waals surface area (Å²) < 4.78 is 11.1. The van der Waals surface area contributed by atoms with Crippen LogP contribution >= 0.6 is 0 Å². The lowest BCUT2D eigenvalue weighted by molar-refractivity contribution is -0.634. The Hall–Kier alpha value is -2.82. The zero-order valence-electron chi connectivity index (χ0n) is 10.4. The van der Waals surface area contributed by atoms with Crippen molar-refractivity contribution in [3.05, 3.63) is 53.7 Å². The van der Waals surface area contributed by atoms with Crippen LogP contribution in [0.3, 0.4) is 0 Å². The first-order valence-corrected chi connectivity index (χ1v) is 6.22. The van der Waals surface area contributed by atoms with Gasteiger partial charge in [-0.25, -0.2) is 0 Å². The summed E-state index contributed by atoms with van der Waals surface area (Å²) in [6.07, 6.45) is 0. The Labute approximate surface area is 114 Å². The summed E-state index contributed by atoms with van der Waals surface area (Å²) in [5.41, 5.74) is 2.62. The normalized spacial score (nSPS) is 12.8. The van der Waals surface area contributed by atoms with E-state index in [9.17, 15) is 5.21 Å². The van der Waals surface area contributed by atoms with E-state index >= 15 is 0 Å². The molecule has 20 heavy (non-hydrogen) atoms. The van der Waals surface area contributed by atoms with E-state index in [1.807, 2.05) is 48.5 Å². The number of rotatable bonds is 1. The van der Waals surface area contributed by atoms with E-state index in [2.05, 4.69) is 4.98 Å². The third-order valence-corrected chi connectivity index (χ3v) is 3.30. The fraction of sp³-hybridized carbons (Fsp3) is 0.0667. The van der Waals surface area contributed by atoms with Gasteiger partial charge in [0.05, 0.1) is 0 Å². The predicted molar refractivity (Wildman–Crippen MR) is 72.3 cm³/mol. The largest absolute Gasteiger partial charge is 0.706 e. The SMILES string of the molecule is [O-][n+]1c2nc3cccc(-c4ccccc4)c3c1OCO2. The minimum absolute atomic E-state index is 0.00940. The third-order valence-electron chi connectivity index (χ3n) is 3.30. The maximum Gasteiger partial charge on any atom is 0.508 e. The smallest absolute Gasteiger partial charge is 0.508 e. The topological polar surface area (TPSA) is 58.3 Å². The van der Waals surface area contributed by atoms with E-state index in [0.29, 0.717) is 15.6 Å². The average molecular weight is 266 g/mol. The lowest BCUT2D eigenvalue weighted by atomic mass is 10.0. The molecule has 0 saturated carbocycles. The molecule has 5 nitrogen and oxygen atoms in total. The maximum atomic E-state index is 12.1. The molecule has 0 radical (unpaired) electrons. The molecular formula is C15H10N2O3. The summed E-state index contributed by atoms with van der Waals surface area (Å²) in [4.78, 5) is 4.24. The molecule has 1 aromatic heterocycles.